The van der Waals surface area contributed by atoms with Crippen LogP contribution in [0.4, 0.5) is 0 Å². The molecule has 1 aromatic heterocycles. The summed E-state index contributed by atoms with van der Waals surface area (Å²) in [5.41, 5.74) is 1.72. The number of carboxylic acid groups (broad SMARTS) is 1. The number of carbonyl (C=O) groups is 1. The third-order valence-corrected chi connectivity index (χ3v) is 4.94. The molecule has 2 aromatic rings. The van der Waals surface area contributed by atoms with Crippen LogP contribution in [0.25, 0.3) is 0 Å². The Balaban J connectivity index is 2.18. The Bertz CT molecular complexity index is 796. The number of rotatable bonds is 7. The van der Waals surface area contributed by atoms with Gasteiger partial charge in [0, 0.05) is 30.6 Å². The Morgan fingerprint density at radius 3 is 2.48 bits per heavy atom. The summed E-state index contributed by atoms with van der Waals surface area (Å²) in [6.45, 7) is 0.675. The van der Waals surface area contributed by atoms with Gasteiger partial charge < -0.3 is 19.3 Å². The predicted octanol–water partition coefficient (Wildman–Crippen LogP) is 2.75. The molecular formula is C20H24N2O5. The van der Waals surface area contributed by atoms with Crippen LogP contribution in [0.3, 0.4) is 0 Å². The van der Waals surface area contributed by atoms with Crippen LogP contribution in [0.5, 0.6) is 17.2 Å². The van der Waals surface area contributed by atoms with Crippen LogP contribution >= 0.6 is 0 Å². The molecule has 3 rings (SSSR count). The maximum Gasteiger partial charge on any atom is 0.320 e. The van der Waals surface area contributed by atoms with E-state index in [2.05, 4.69) is 4.98 Å². The number of hydrogen-bond acceptors (Lipinski definition) is 6. The number of nitrogens with zero attached hydrogens (tertiary/aromatic N) is 2. The Hall–Kier alpha value is -2.80. The molecule has 1 fully saturated rings. The third-order valence-electron chi connectivity index (χ3n) is 4.94. The summed E-state index contributed by atoms with van der Waals surface area (Å²) in [5.74, 6) is 0.908. The maximum absolute atomic E-state index is 11.8. The number of pyridine rings is 1. The molecule has 144 valence electrons. The Labute approximate surface area is 158 Å². The third kappa shape index (κ3) is 3.68. The molecule has 0 radical (unpaired) electrons. The molecule has 1 aliphatic rings. The van der Waals surface area contributed by atoms with Gasteiger partial charge in [-0.05, 0) is 30.5 Å². The van der Waals surface area contributed by atoms with E-state index in [9.17, 15) is 9.90 Å². The summed E-state index contributed by atoms with van der Waals surface area (Å²) >= 11 is 0. The number of likely N-dealkylation sites (tertiary alicyclic amines) is 1. The van der Waals surface area contributed by atoms with E-state index in [1.54, 1.807) is 39.8 Å². The first kappa shape index (κ1) is 19.0. The summed E-state index contributed by atoms with van der Waals surface area (Å²) in [4.78, 5) is 18.0. The molecule has 0 aliphatic carbocycles. The van der Waals surface area contributed by atoms with E-state index in [0.717, 1.165) is 17.5 Å². The van der Waals surface area contributed by atoms with Crippen molar-refractivity contribution in [3.63, 3.8) is 0 Å². The zero-order valence-corrected chi connectivity index (χ0v) is 15.7. The molecule has 2 heterocycles. The lowest BCUT2D eigenvalue weighted by molar-refractivity contribution is -0.142. The minimum absolute atomic E-state index is 0.322. The molecule has 1 aliphatic heterocycles. The molecule has 2 atom stereocenters. The van der Waals surface area contributed by atoms with Crippen LogP contribution in [0.1, 0.15) is 30.0 Å². The Morgan fingerprint density at radius 2 is 1.89 bits per heavy atom. The average molecular weight is 372 g/mol. The first-order chi connectivity index (χ1) is 13.1. The smallest absolute Gasteiger partial charge is 0.320 e. The lowest BCUT2D eigenvalue weighted by Gasteiger charge is -2.33. The fourth-order valence-corrected chi connectivity index (χ4v) is 3.72. The van der Waals surface area contributed by atoms with E-state index in [4.69, 9.17) is 14.2 Å². The molecule has 0 saturated carbocycles. The highest BCUT2D eigenvalue weighted by atomic mass is 16.5. The fraction of sp³-hybridized carbons (Fsp3) is 0.400. The van der Waals surface area contributed by atoms with Crippen molar-refractivity contribution in [3.8, 4) is 17.2 Å². The fourth-order valence-electron chi connectivity index (χ4n) is 3.72. The van der Waals surface area contributed by atoms with Crippen molar-refractivity contribution in [2.75, 3.05) is 27.9 Å². The molecule has 7 heteroatoms. The van der Waals surface area contributed by atoms with Gasteiger partial charge in [-0.15, -0.1) is 0 Å². The standard InChI is InChI=1S/C20H24N2O5/c1-25-16-11-18(27-3)17(26-2)10-14(16)19(13-6-4-8-21-12-13)22-9-5-7-15(22)20(23)24/h4,6,8,10-12,15,19H,5,7,9H2,1-3H3,(H,23,24). The van der Waals surface area contributed by atoms with Crippen LogP contribution in [0.15, 0.2) is 36.7 Å². The lowest BCUT2D eigenvalue weighted by atomic mass is 9.96. The molecule has 7 nitrogen and oxygen atoms in total. The van der Waals surface area contributed by atoms with Crippen molar-refractivity contribution in [3.05, 3.63) is 47.8 Å². The number of aliphatic carboxylic acids is 1. The first-order valence-electron chi connectivity index (χ1n) is 8.79. The van der Waals surface area contributed by atoms with E-state index >= 15 is 0 Å². The highest BCUT2D eigenvalue weighted by Gasteiger charge is 2.38. The summed E-state index contributed by atoms with van der Waals surface area (Å²) < 4.78 is 16.5. The van der Waals surface area contributed by atoms with Crippen LogP contribution in [0, 0.1) is 0 Å². The van der Waals surface area contributed by atoms with E-state index in [1.807, 2.05) is 23.1 Å². The zero-order chi connectivity index (χ0) is 19.4. The topological polar surface area (TPSA) is 81.1 Å². The van der Waals surface area contributed by atoms with Crippen molar-refractivity contribution in [1.82, 2.24) is 9.88 Å². The Kier molecular flexibility index (Phi) is 5.81. The van der Waals surface area contributed by atoms with E-state index in [1.165, 1.54) is 0 Å². The van der Waals surface area contributed by atoms with Gasteiger partial charge in [-0.2, -0.15) is 0 Å². The molecule has 2 unspecified atom stereocenters. The quantitative estimate of drug-likeness (QED) is 0.800. The molecule has 0 spiro atoms. The monoisotopic (exact) mass is 372 g/mol. The van der Waals surface area contributed by atoms with Gasteiger partial charge >= 0.3 is 5.97 Å². The van der Waals surface area contributed by atoms with Gasteiger partial charge in [-0.3, -0.25) is 14.7 Å². The normalized spacial score (nSPS) is 18.1. The van der Waals surface area contributed by atoms with Gasteiger partial charge in [0.2, 0.25) is 0 Å². The van der Waals surface area contributed by atoms with E-state index in [0.29, 0.717) is 30.2 Å². The van der Waals surface area contributed by atoms with Crippen molar-refractivity contribution in [2.24, 2.45) is 0 Å². The molecule has 1 saturated heterocycles. The molecule has 0 amide bonds. The number of ether oxygens (including phenoxy) is 3. The van der Waals surface area contributed by atoms with Gasteiger partial charge in [0.25, 0.3) is 0 Å². The second kappa shape index (κ2) is 8.26. The van der Waals surface area contributed by atoms with Crippen LogP contribution in [-0.4, -0.2) is 54.9 Å². The van der Waals surface area contributed by atoms with Crippen LogP contribution in [-0.2, 0) is 4.79 Å². The van der Waals surface area contributed by atoms with Gasteiger partial charge in [-0.25, -0.2) is 0 Å². The second-order valence-corrected chi connectivity index (χ2v) is 6.37. The molecule has 0 bridgehead atoms. The molecule has 27 heavy (non-hydrogen) atoms. The predicted molar refractivity (Wildman–Crippen MR) is 99.5 cm³/mol. The van der Waals surface area contributed by atoms with Gasteiger partial charge in [0.15, 0.2) is 11.5 Å². The number of carboxylic acids is 1. The lowest BCUT2D eigenvalue weighted by Crippen LogP contribution is -2.39. The van der Waals surface area contributed by atoms with Crippen molar-refractivity contribution in [2.45, 2.75) is 24.9 Å². The van der Waals surface area contributed by atoms with E-state index in [-0.39, 0.29) is 6.04 Å². The minimum atomic E-state index is -0.819. The summed E-state index contributed by atoms with van der Waals surface area (Å²) in [5, 5.41) is 9.70. The number of hydrogen-bond donors (Lipinski definition) is 1. The number of methoxy groups -OCH3 is 3. The van der Waals surface area contributed by atoms with Crippen molar-refractivity contribution in [1.29, 1.82) is 0 Å². The summed E-state index contributed by atoms with van der Waals surface area (Å²) in [6.07, 6.45) is 4.90. The summed E-state index contributed by atoms with van der Waals surface area (Å²) in [7, 11) is 4.73. The highest BCUT2D eigenvalue weighted by molar-refractivity contribution is 5.74. The van der Waals surface area contributed by atoms with Gasteiger partial charge in [-0.1, -0.05) is 6.07 Å². The SMILES string of the molecule is COc1cc(OC)c(C(c2cccnc2)N2CCCC2C(=O)O)cc1OC. The molecular weight excluding hydrogens is 348 g/mol. The second-order valence-electron chi connectivity index (χ2n) is 6.37. The zero-order valence-electron chi connectivity index (χ0n) is 15.7. The van der Waals surface area contributed by atoms with Crippen molar-refractivity contribution >= 4 is 5.97 Å². The number of benzene rings is 1. The Morgan fingerprint density at radius 1 is 1.19 bits per heavy atom. The van der Waals surface area contributed by atoms with Gasteiger partial charge in [0.1, 0.15) is 11.8 Å². The average Bonchev–Trinajstić information content (AvgIpc) is 3.18. The first-order valence-corrected chi connectivity index (χ1v) is 8.79. The summed E-state index contributed by atoms with van der Waals surface area (Å²) in [6, 6.07) is 6.53. The largest absolute Gasteiger partial charge is 0.496 e. The van der Waals surface area contributed by atoms with E-state index < -0.39 is 12.0 Å². The van der Waals surface area contributed by atoms with Crippen molar-refractivity contribution < 1.29 is 24.1 Å². The minimum Gasteiger partial charge on any atom is -0.496 e. The number of aromatic nitrogens is 1. The molecule has 1 aromatic carbocycles. The highest BCUT2D eigenvalue weighted by Crippen LogP contribution is 2.43. The maximum atomic E-state index is 11.8. The van der Waals surface area contributed by atoms with Crippen LogP contribution in [0.2, 0.25) is 0 Å². The molecule has 1 N–H and O–H groups in total. The van der Waals surface area contributed by atoms with Crippen LogP contribution < -0.4 is 14.2 Å². The van der Waals surface area contributed by atoms with Gasteiger partial charge in [0.05, 0.1) is 27.4 Å².